The van der Waals surface area contributed by atoms with Crippen LogP contribution in [0, 0.1) is 6.92 Å². The molecule has 0 radical (unpaired) electrons. The molecular formula is C19H17BrN4O4. The van der Waals surface area contributed by atoms with E-state index in [0.29, 0.717) is 33.8 Å². The second-order valence-electron chi connectivity index (χ2n) is 5.85. The highest BCUT2D eigenvalue weighted by Gasteiger charge is 2.09. The Balaban J connectivity index is 1.95. The zero-order valence-corrected chi connectivity index (χ0v) is 16.8. The van der Waals surface area contributed by atoms with Crippen molar-refractivity contribution in [2.24, 2.45) is 10.8 Å². The van der Waals surface area contributed by atoms with Crippen LogP contribution in [0.2, 0.25) is 0 Å². The standard InChI is InChI=1S/C19H17BrN4O4/c1-11-23-15-5-4-13(20)8-14(15)19(26)24(11)22-9-12-3-6-16(17(7-12)27-2)28-10-18(21)25/h3-9H,10H2,1-2H3,(H2,21,25). The topological polar surface area (TPSA) is 109 Å². The van der Waals surface area contributed by atoms with Gasteiger partial charge in [0.05, 0.1) is 24.2 Å². The average molecular weight is 445 g/mol. The number of fused-ring (bicyclic) bond motifs is 1. The summed E-state index contributed by atoms with van der Waals surface area (Å²) in [5.41, 5.74) is 6.09. The summed E-state index contributed by atoms with van der Waals surface area (Å²) in [4.78, 5) is 28.0. The largest absolute Gasteiger partial charge is 0.493 e. The summed E-state index contributed by atoms with van der Waals surface area (Å²) in [6, 6.07) is 10.3. The van der Waals surface area contributed by atoms with Crippen LogP contribution in [-0.2, 0) is 4.79 Å². The maximum atomic E-state index is 12.7. The van der Waals surface area contributed by atoms with E-state index in [-0.39, 0.29) is 12.2 Å². The molecule has 0 saturated heterocycles. The van der Waals surface area contributed by atoms with Crippen molar-refractivity contribution in [3.63, 3.8) is 0 Å². The molecular weight excluding hydrogens is 428 g/mol. The zero-order chi connectivity index (χ0) is 20.3. The highest BCUT2D eigenvalue weighted by atomic mass is 79.9. The highest BCUT2D eigenvalue weighted by Crippen LogP contribution is 2.27. The Morgan fingerprint density at radius 2 is 2.07 bits per heavy atom. The van der Waals surface area contributed by atoms with Crippen molar-refractivity contribution in [2.75, 3.05) is 13.7 Å². The van der Waals surface area contributed by atoms with Gasteiger partial charge in [-0.2, -0.15) is 9.78 Å². The summed E-state index contributed by atoms with van der Waals surface area (Å²) in [5, 5.41) is 4.73. The van der Waals surface area contributed by atoms with E-state index in [1.165, 1.54) is 18.0 Å². The monoisotopic (exact) mass is 444 g/mol. The molecule has 0 unspecified atom stereocenters. The van der Waals surface area contributed by atoms with Crippen LogP contribution in [0.3, 0.4) is 0 Å². The smallest absolute Gasteiger partial charge is 0.282 e. The van der Waals surface area contributed by atoms with Crippen molar-refractivity contribution in [3.05, 3.63) is 62.6 Å². The summed E-state index contributed by atoms with van der Waals surface area (Å²) in [6.07, 6.45) is 1.51. The molecule has 0 fully saturated rings. The van der Waals surface area contributed by atoms with E-state index in [1.54, 1.807) is 37.3 Å². The minimum atomic E-state index is -0.585. The van der Waals surface area contributed by atoms with Crippen LogP contribution in [0.5, 0.6) is 11.5 Å². The summed E-state index contributed by atoms with van der Waals surface area (Å²) in [6.45, 7) is 1.46. The van der Waals surface area contributed by atoms with Gasteiger partial charge >= 0.3 is 0 Å². The molecule has 3 rings (SSSR count). The molecule has 8 nitrogen and oxygen atoms in total. The summed E-state index contributed by atoms with van der Waals surface area (Å²) in [7, 11) is 1.48. The van der Waals surface area contributed by atoms with Crippen LogP contribution in [-0.4, -0.2) is 35.5 Å². The third kappa shape index (κ3) is 4.20. The van der Waals surface area contributed by atoms with E-state index in [9.17, 15) is 9.59 Å². The number of hydrogen-bond acceptors (Lipinski definition) is 6. The van der Waals surface area contributed by atoms with Crippen molar-refractivity contribution in [1.82, 2.24) is 9.66 Å². The molecule has 0 saturated carbocycles. The molecule has 0 aliphatic heterocycles. The van der Waals surface area contributed by atoms with Gasteiger partial charge < -0.3 is 15.2 Å². The van der Waals surface area contributed by atoms with Crippen molar-refractivity contribution in [2.45, 2.75) is 6.92 Å². The molecule has 0 aliphatic carbocycles. The number of carbonyl (C=O) groups excluding carboxylic acids is 1. The van der Waals surface area contributed by atoms with E-state index >= 15 is 0 Å². The lowest BCUT2D eigenvalue weighted by atomic mass is 10.2. The molecule has 9 heteroatoms. The minimum Gasteiger partial charge on any atom is -0.493 e. The normalized spacial score (nSPS) is 11.1. The highest BCUT2D eigenvalue weighted by molar-refractivity contribution is 9.10. The van der Waals surface area contributed by atoms with Crippen LogP contribution >= 0.6 is 15.9 Å². The number of nitrogens with two attached hydrogens (primary N) is 1. The summed E-state index contributed by atoms with van der Waals surface area (Å²) in [5.74, 6) is 0.668. The lowest BCUT2D eigenvalue weighted by Gasteiger charge is -2.10. The number of amides is 1. The molecule has 3 aromatic rings. The molecule has 0 aliphatic rings. The Morgan fingerprint density at radius 1 is 1.29 bits per heavy atom. The van der Waals surface area contributed by atoms with Crippen molar-refractivity contribution >= 4 is 39.0 Å². The quantitative estimate of drug-likeness (QED) is 0.586. The van der Waals surface area contributed by atoms with E-state index < -0.39 is 5.91 Å². The van der Waals surface area contributed by atoms with E-state index in [2.05, 4.69) is 26.0 Å². The molecule has 28 heavy (non-hydrogen) atoms. The first-order chi connectivity index (χ1) is 13.4. The maximum Gasteiger partial charge on any atom is 0.282 e. The number of benzene rings is 2. The van der Waals surface area contributed by atoms with Gasteiger partial charge in [0, 0.05) is 4.47 Å². The number of methoxy groups -OCH3 is 1. The lowest BCUT2D eigenvalue weighted by Crippen LogP contribution is -2.20. The van der Waals surface area contributed by atoms with Gasteiger partial charge in [-0.25, -0.2) is 4.98 Å². The Labute approximate surface area is 168 Å². The van der Waals surface area contributed by atoms with Gasteiger partial charge in [-0.3, -0.25) is 9.59 Å². The molecule has 1 aromatic heterocycles. The molecule has 0 spiro atoms. The van der Waals surface area contributed by atoms with Gasteiger partial charge in [0.1, 0.15) is 5.82 Å². The van der Waals surface area contributed by atoms with E-state index in [1.807, 2.05) is 6.07 Å². The number of ether oxygens (including phenoxy) is 2. The van der Waals surface area contributed by atoms with Gasteiger partial charge in [-0.05, 0) is 48.9 Å². The predicted molar refractivity (Wildman–Crippen MR) is 109 cm³/mol. The van der Waals surface area contributed by atoms with Gasteiger partial charge in [0.15, 0.2) is 18.1 Å². The molecule has 1 heterocycles. The van der Waals surface area contributed by atoms with Gasteiger partial charge in [0.2, 0.25) is 0 Å². The van der Waals surface area contributed by atoms with Crippen LogP contribution < -0.4 is 20.8 Å². The second kappa shape index (κ2) is 8.22. The fraction of sp³-hybridized carbons (Fsp3) is 0.158. The molecule has 0 atom stereocenters. The van der Waals surface area contributed by atoms with Crippen molar-refractivity contribution in [1.29, 1.82) is 0 Å². The Kier molecular flexibility index (Phi) is 5.74. The predicted octanol–water partition coefficient (Wildman–Crippen LogP) is 2.22. The summed E-state index contributed by atoms with van der Waals surface area (Å²) >= 11 is 3.36. The third-order valence-corrected chi connectivity index (χ3v) is 4.34. The second-order valence-corrected chi connectivity index (χ2v) is 6.76. The number of aryl methyl sites for hydroxylation is 1. The SMILES string of the molecule is COc1cc(C=Nn2c(C)nc3ccc(Br)cc3c2=O)ccc1OCC(N)=O. The van der Waals surface area contributed by atoms with Gasteiger partial charge in [-0.1, -0.05) is 15.9 Å². The Morgan fingerprint density at radius 3 is 2.79 bits per heavy atom. The number of carbonyl (C=O) groups is 1. The van der Waals surface area contributed by atoms with E-state index in [0.717, 1.165) is 4.47 Å². The molecule has 2 aromatic carbocycles. The molecule has 1 amide bonds. The first-order valence-electron chi connectivity index (χ1n) is 8.21. The fourth-order valence-electron chi connectivity index (χ4n) is 2.55. The molecule has 2 N–H and O–H groups in total. The lowest BCUT2D eigenvalue weighted by molar-refractivity contribution is -0.119. The van der Waals surface area contributed by atoms with Crippen LogP contribution in [0.15, 0.2) is 50.8 Å². The van der Waals surface area contributed by atoms with E-state index in [4.69, 9.17) is 15.2 Å². The minimum absolute atomic E-state index is 0.253. The number of hydrogen-bond donors (Lipinski definition) is 1. The van der Waals surface area contributed by atoms with Crippen LogP contribution in [0.25, 0.3) is 10.9 Å². The van der Waals surface area contributed by atoms with Crippen molar-refractivity contribution in [3.8, 4) is 11.5 Å². The summed E-state index contributed by atoms with van der Waals surface area (Å²) < 4.78 is 12.6. The zero-order valence-electron chi connectivity index (χ0n) is 15.2. The first kappa shape index (κ1) is 19.6. The number of halogens is 1. The number of rotatable bonds is 6. The fourth-order valence-corrected chi connectivity index (χ4v) is 2.91. The average Bonchev–Trinajstić information content (AvgIpc) is 2.67. The third-order valence-electron chi connectivity index (χ3n) is 3.85. The van der Waals surface area contributed by atoms with Crippen molar-refractivity contribution < 1.29 is 14.3 Å². The van der Waals surface area contributed by atoms with Gasteiger partial charge in [-0.15, -0.1) is 0 Å². The number of nitrogens with zero attached hydrogens (tertiary/aromatic N) is 3. The Bertz CT molecular complexity index is 1140. The van der Waals surface area contributed by atoms with Crippen LogP contribution in [0.4, 0.5) is 0 Å². The molecule has 0 bridgehead atoms. The first-order valence-corrected chi connectivity index (χ1v) is 9.00. The van der Waals surface area contributed by atoms with Crippen LogP contribution in [0.1, 0.15) is 11.4 Å². The maximum absolute atomic E-state index is 12.7. The number of aromatic nitrogens is 2. The number of primary amides is 1. The Hall–Kier alpha value is -3.20. The van der Waals surface area contributed by atoms with Gasteiger partial charge in [0.25, 0.3) is 11.5 Å². The molecule has 144 valence electrons.